The van der Waals surface area contributed by atoms with Crippen LogP contribution in [0.2, 0.25) is 0 Å². The highest BCUT2D eigenvalue weighted by Gasteiger charge is 2.27. The van der Waals surface area contributed by atoms with Crippen molar-refractivity contribution in [3.63, 3.8) is 0 Å². The first-order chi connectivity index (χ1) is 5.24. The zero-order chi connectivity index (χ0) is 8.27. The van der Waals surface area contributed by atoms with Gasteiger partial charge in [-0.2, -0.15) is 0 Å². The normalized spacial score (nSPS) is 33.0. The highest BCUT2D eigenvalue weighted by atomic mass is 16.3. The molecule has 0 aromatic heterocycles. The molecule has 1 aliphatic rings. The number of unbranched alkanes of at least 4 members (excludes halogenated alkanes) is 1. The van der Waals surface area contributed by atoms with E-state index in [0.717, 1.165) is 13.1 Å². The van der Waals surface area contributed by atoms with Gasteiger partial charge in [0.25, 0.3) is 0 Å². The van der Waals surface area contributed by atoms with Crippen LogP contribution in [0.1, 0.15) is 26.2 Å². The molecule has 0 saturated carbocycles. The van der Waals surface area contributed by atoms with Crippen molar-refractivity contribution >= 4 is 0 Å². The van der Waals surface area contributed by atoms with Gasteiger partial charge in [-0.25, -0.2) is 0 Å². The molecule has 1 saturated heterocycles. The minimum Gasteiger partial charge on any atom is -0.391 e. The lowest BCUT2D eigenvalue weighted by Gasteiger charge is -2.11. The number of likely N-dealkylation sites (tertiary alicyclic amines) is 1. The lowest BCUT2D eigenvalue weighted by atomic mass is 9.99. The van der Waals surface area contributed by atoms with Gasteiger partial charge in [0.1, 0.15) is 0 Å². The summed E-state index contributed by atoms with van der Waals surface area (Å²) in [5.41, 5.74) is 0. The van der Waals surface area contributed by atoms with Crippen molar-refractivity contribution in [2.45, 2.75) is 32.3 Å². The van der Waals surface area contributed by atoms with E-state index in [4.69, 9.17) is 0 Å². The predicted octanol–water partition coefficient (Wildman–Crippen LogP) is 1.10. The molecule has 1 aliphatic heterocycles. The van der Waals surface area contributed by atoms with E-state index in [1.54, 1.807) is 0 Å². The molecule has 0 aromatic carbocycles. The van der Waals surface area contributed by atoms with Gasteiger partial charge in [-0.3, -0.25) is 0 Å². The fraction of sp³-hybridized carbons (Fsp3) is 1.00. The van der Waals surface area contributed by atoms with E-state index in [9.17, 15) is 5.11 Å². The van der Waals surface area contributed by atoms with Crippen LogP contribution >= 0.6 is 0 Å². The summed E-state index contributed by atoms with van der Waals surface area (Å²) in [4.78, 5) is 2.21. The molecule has 2 unspecified atom stereocenters. The molecule has 2 nitrogen and oxygen atoms in total. The molecule has 0 aromatic rings. The Labute approximate surface area is 69.2 Å². The largest absolute Gasteiger partial charge is 0.391 e. The number of hydrogen-bond donors (Lipinski definition) is 1. The first-order valence-electron chi connectivity index (χ1n) is 4.60. The zero-order valence-corrected chi connectivity index (χ0v) is 7.58. The van der Waals surface area contributed by atoms with E-state index in [0.29, 0.717) is 5.92 Å². The van der Waals surface area contributed by atoms with Crippen LogP contribution in [0.3, 0.4) is 0 Å². The first kappa shape index (κ1) is 9.01. The molecule has 0 amide bonds. The Morgan fingerprint density at radius 3 is 2.64 bits per heavy atom. The fourth-order valence-corrected chi connectivity index (χ4v) is 1.81. The van der Waals surface area contributed by atoms with E-state index >= 15 is 0 Å². The number of likely N-dealkylation sites (N-methyl/N-ethyl adjacent to an activating group) is 1. The standard InChI is InChI=1S/C9H19NO/c1-3-4-5-8-6-10(2)7-9(8)11/h8-9,11H,3-7H2,1-2H3. The SMILES string of the molecule is CCCCC1CN(C)CC1O. The van der Waals surface area contributed by atoms with Crippen molar-refractivity contribution in [3.8, 4) is 0 Å². The van der Waals surface area contributed by atoms with Gasteiger partial charge in [0.2, 0.25) is 0 Å². The van der Waals surface area contributed by atoms with Gasteiger partial charge in [0.05, 0.1) is 6.10 Å². The summed E-state index contributed by atoms with van der Waals surface area (Å²) in [6, 6.07) is 0. The molecule has 2 atom stereocenters. The number of aliphatic hydroxyl groups excluding tert-OH is 1. The van der Waals surface area contributed by atoms with Crippen LogP contribution in [0, 0.1) is 5.92 Å². The van der Waals surface area contributed by atoms with Crippen LogP contribution in [-0.4, -0.2) is 36.2 Å². The molecule has 0 radical (unpaired) electrons. The Bertz CT molecular complexity index is 116. The molecule has 1 fully saturated rings. The fourth-order valence-electron chi connectivity index (χ4n) is 1.81. The molecule has 2 heteroatoms. The topological polar surface area (TPSA) is 23.5 Å². The van der Waals surface area contributed by atoms with Crippen LogP contribution in [-0.2, 0) is 0 Å². The van der Waals surface area contributed by atoms with Gasteiger partial charge < -0.3 is 10.0 Å². The smallest absolute Gasteiger partial charge is 0.0707 e. The van der Waals surface area contributed by atoms with Crippen molar-refractivity contribution in [2.75, 3.05) is 20.1 Å². The monoisotopic (exact) mass is 157 g/mol. The van der Waals surface area contributed by atoms with E-state index < -0.39 is 0 Å². The van der Waals surface area contributed by atoms with Crippen LogP contribution in [0.5, 0.6) is 0 Å². The maximum atomic E-state index is 9.54. The lowest BCUT2D eigenvalue weighted by molar-refractivity contribution is 0.138. The Kier molecular flexibility index (Phi) is 3.34. The molecule has 0 bridgehead atoms. The van der Waals surface area contributed by atoms with Crippen molar-refractivity contribution in [2.24, 2.45) is 5.92 Å². The number of hydrogen-bond acceptors (Lipinski definition) is 2. The average molecular weight is 157 g/mol. The van der Waals surface area contributed by atoms with Gasteiger partial charge in [-0.05, 0) is 19.4 Å². The first-order valence-corrected chi connectivity index (χ1v) is 4.60. The van der Waals surface area contributed by atoms with Gasteiger partial charge in [-0.1, -0.05) is 19.8 Å². The summed E-state index contributed by atoms with van der Waals surface area (Å²) in [6.45, 7) is 4.15. The second-order valence-corrected chi connectivity index (χ2v) is 3.69. The summed E-state index contributed by atoms with van der Waals surface area (Å²) >= 11 is 0. The molecule has 11 heavy (non-hydrogen) atoms. The number of β-amino-alcohol motifs (C(OH)–C–C–N with tert-alkyl or cyclic N) is 1. The Morgan fingerprint density at radius 2 is 2.18 bits per heavy atom. The summed E-state index contributed by atoms with van der Waals surface area (Å²) < 4.78 is 0. The second-order valence-electron chi connectivity index (χ2n) is 3.69. The highest BCUT2D eigenvalue weighted by molar-refractivity contribution is 4.81. The summed E-state index contributed by atoms with van der Waals surface area (Å²) in [5, 5.41) is 9.54. The van der Waals surface area contributed by atoms with Crippen molar-refractivity contribution < 1.29 is 5.11 Å². The van der Waals surface area contributed by atoms with Crippen molar-refractivity contribution in [1.29, 1.82) is 0 Å². The number of nitrogens with zero attached hydrogens (tertiary/aromatic N) is 1. The Balaban J connectivity index is 2.23. The third-order valence-corrected chi connectivity index (χ3v) is 2.52. The highest BCUT2D eigenvalue weighted by Crippen LogP contribution is 2.20. The predicted molar refractivity (Wildman–Crippen MR) is 46.5 cm³/mol. The third-order valence-electron chi connectivity index (χ3n) is 2.52. The van der Waals surface area contributed by atoms with Gasteiger partial charge >= 0.3 is 0 Å². The quantitative estimate of drug-likeness (QED) is 0.663. The number of rotatable bonds is 3. The van der Waals surface area contributed by atoms with Gasteiger partial charge in [0.15, 0.2) is 0 Å². The summed E-state index contributed by atoms with van der Waals surface area (Å²) in [6.07, 6.45) is 3.64. The summed E-state index contributed by atoms with van der Waals surface area (Å²) in [5.74, 6) is 0.542. The van der Waals surface area contributed by atoms with Crippen LogP contribution < -0.4 is 0 Å². The van der Waals surface area contributed by atoms with E-state index in [2.05, 4.69) is 18.9 Å². The van der Waals surface area contributed by atoms with Crippen molar-refractivity contribution in [1.82, 2.24) is 4.90 Å². The second kappa shape index (κ2) is 4.07. The van der Waals surface area contributed by atoms with E-state index in [-0.39, 0.29) is 6.10 Å². The zero-order valence-electron chi connectivity index (χ0n) is 7.58. The Morgan fingerprint density at radius 1 is 1.45 bits per heavy atom. The van der Waals surface area contributed by atoms with Crippen LogP contribution in [0.15, 0.2) is 0 Å². The number of aliphatic hydroxyl groups is 1. The van der Waals surface area contributed by atoms with Gasteiger partial charge in [-0.15, -0.1) is 0 Å². The Hall–Kier alpha value is -0.0800. The average Bonchev–Trinajstić information content (AvgIpc) is 2.26. The molecular weight excluding hydrogens is 138 g/mol. The molecule has 1 N–H and O–H groups in total. The molecule has 1 rings (SSSR count). The molecule has 0 aliphatic carbocycles. The van der Waals surface area contributed by atoms with Crippen LogP contribution in [0.25, 0.3) is 0 Å². The van der Waals surface area contributed by atoms with E-state index in [1.165, 1.54) is 19.3 Å². The summed E-state index contributed by atoms with van der Waals surface area (Å²) in [7, 11) is 2.08. The minimum atomic E-state index is -0.0634. The lowest BCUT2D eigenvalue weighted by Crippen LogP contribution is -2.17. The maximum absolute atomic E-state index is 9.54. The molecule has 66 valence electrons. The van der Waals surface area contributed by atoms with Crippen molar-refractivity contribution in [3.05, 3.63) is 0 Å². The molecule has 0 spiro atoms. The molecular formula is C9H19NO. The molecule has 1 heterocycles. The third kappa shape index (κ3) is 2.46. The maximum Gasteiger partial charge on any atom is 0.0707 e. The van der Waals surface area contributed by atoms with Crippen LogP contribution in [0.4, 0.5) is 0 Å². The van der Waals surface area contributed by atoms with E-state index in [1.807, 2.05) is 0 Å². The minimum absolute atomic E-state index is 0.0634. The van der Waals surface area contributed by atoms with Gasteiger partial charge in [0, 0.05) is 13.1 Å².